The van der Waals surface area contributed by atoms with E-state index >= 15 is 0 Å². The van der Waals surface area contributed by atoms with E-state index in [9.17, 15) is 0 Å². The van der Waals surface area contributed by atoms with E-state index in [0.717, 1.165) is 13.1 Å². The summed E-state index contributed by atoms with van der Waals surface area (Å²) in [6.45, 7) is 3.87. The highest BCUT2D eigenvalue weighted by atomic mass is 32.2. The molecule has 0 spiro atoms. The maximum Gasteiger partial charge on any atom is 0.0590 e. The fraction of sp³-hybridized carbons (Fsp3) is 0.450. The zero-order chi connectivity index (χ0) is 17.3. The number of pyridine rings is 1. The standard InChI is InChI=1S/C20H28N4S/c1-2-23-25-18-8-9-19(24-17-6-4-3-5-7-17)20(14-18)22-15-16-10-12-21-13-11-16/h8-14,17,22-24H,2-7,15H2,1H3. The summed E-state index contributed by atoms with van der Waals surface area (Å²) >= 11 is 1.68. The lowest BCUT2D eigenvalue weighted by Crippen LogP contribution is -2.22. The summed E-state index contributed by atoms with van der Waals surface area (Å²) in [5, 5.41) is 7.37. The van der Waals surface area contributed by atoms with Gasteiger partial charge in [-0.05, 0) is 60.7 Å². The summed E-state index contributed by atoms with van der Waals surface area (Å²) in [6.07, 6.45) is 10.3. The van der Waals surface area contributed by atoms with Gasteiger partial charge in [0.1, 0.15) is 0 Å². The third-order valence-electron chi connectivity index (χ3n) is 4.52. The van der Waals surface area contributed by atoms with Gasteiger partial charge in [-0.15, -0.1) is 0 Å². The van der Waals surface area contributed by atoms with Crippen LogP contribution in [0, 0.1) is 0 Å². The average molecular weight is 357 g/mol. The maximum atomic E-state index is 4.09. The number of anilines is 2. The van der Waals surface area contributed by atoms with Gasteiger partial charge in [0.25, 0.3) is 0 Å². The lowest BCUT2D eigenvalue weighted by Gasteiger charge is -2.25. The van der Waals surface area contributed by atoms with E-state index in [2.05, 4.69) is 57.6 Å². The van der Waals surface area contributed by atoms with E-state index in [0.29, 0.717) is 6.04 Å². The van der Waals surface area contributed by atoms with E-state index in [1.165, 1.54) is 53.9 Å². The first kappa shape index (κ1) is 18.1. The molecule has 1 fully saturated rings. The molecular formula is C20H28N4S. The quantitative estimate of drug-likeness (QED) is 0.578. The van der Waals surface area contributed by atoms with Gasteiger partial charge in [-0.3, -0.25) is 9.71 Å². The van der Waals surface area contributed by atoms with Crippen LogP contribution in [0.3, 0.4) is 0 Å². The second kappa shape index (κ2) is 9.68. The van der Waals surface area contributed by atoms with E-state index in [4.69, 9.17) is 0 Å². The number of aromatic nitrogens is 1. The lowest BCUT2D eigenvalue weighted by molar-refractivity contribution is 0.463. The van der Waals surface area contributed by atoms with Crippen molar-refractivity contribution in [1.29, 1.82) is 0 Å². The molecule has 2 aromatic rings. The number of rotatable bonds is 8. The molecule has 0 saturated heterocycles. The normalized spacial score (nSPS) is 15.1. The topological polar surface area (TPSA) is 49.0 Å². The van der Waals surface area contributed by atoms with Gasteiger partial charge in [0.05, 0.1) is 11.4 Å². The molecule has 1 heterocycles. The van der Waals surface area contributed by atoms with Gasteiger partial charge in [-0.1, -0.05) is 26.2 Å². The van der Waals surface area contributed by atoms with Gasteiger partial charge in [0.15, 0.2) is 0 Å². The Hall–Kier alpha value is -1.72. The predicted molar refractivity (Wildman–Crippen MR) is 108 cm³/mol. The van der Waals surface area contributed by atoms with Gasteiger partial charge in [-0.2, -0.15) is 0 Å². The highest BCUT2D eigenvalue weighted by Gasteiger charge is 2.15. The molecule has 0 radical (unpaired) electrons. The van der Waals surface area contributed by atoms with Crippen molar-refractivity contribution < 1.29 is 0 Å². The summed E-state index contributed by atoms with van der Waals surface area (Å²) in [4.78, 5) is 5.32. The first-order valence-electron chi connectivity index (χ1n) is 9.28. The molecule has 1 aromatic heterocycles. The van der Waals surface area contributed by atoms with Crippen LogP contribution in [-0.4, -0.2) is 17.6 Å². The second-order valence-electron chi connectivity index (χ2n) is 6.50. The van der Waals surface area contributed by atoms with Gasteiger partial charge in [0, 0.05) is 36.4 Å². The Labute approximate surface area is 155 Å². The van der Waals surface area contributed by atoms with Crippen molar-refractivity contribution in [3.05, 3.63) is 48.3 Å². The first-order chi connectivity index (χ1) is 12.3. The van der Waals surface area contributed by atoms with Crippen molar-refractivity contribution in [2.45, 2.75) is 56.5 Å². The van der Waals surface area contributed by atoms with E-state index < -0.39 is 0 Å². The molecule has 1 saturated carbocycles. The molecule has 3 N–H and O–H groups in total. The molecule has 0 aliphatic heterocycles. The molecule has 1 aliphatic carbocycles. The smallest absolute Gasteiger partial charge is 0.0590 e. The summed E-state index contributed by atoms with van der Waals surface area (Å²) in [7, 11) is 0. The van der Waals surface area contributed by atoms with Crippen LogP contribution in [0.4, 0.5) is 11.4 Å². The molecule has 4 nitrogen and oxygen atoms in total. The van der Waals surface area contributed by atoms with Crippen molar-refractivity contribution in [2.75, 3.05) is 17.2 Å². The highest BCUT2D eigenvalue weighted by Crippen LogP contribution is 2.30. The zero-order valence-corrected chi connectivity index (χ0v) is 15.7. The molecule has 5 heteroatoms. The molecule has 0 amide bonds. The van der Waals surface area contributed by atoms with Crippen molar-refractivity contribution in [2.24, 2.45) is 0 Å². The Morgan fingerprint density at radius 2 is 1.84 bits per heavy atom. The minimum absolute atomic E-state index is 0.600. The van der Waals surface area contributed by atoms with Gasteiger partial charge in [-0.25, -0.2) is 0 Å². The third kappa shape index (κ3) is 5.65. The van der Waals surface area contributed by atoms with Gasteiger partial charge >= 0.3 is 0 Å². The number of nitrogens with zero attached hydrogens (tertiary/aromatic N) is 1. The average Bonchev–Trinajstić information content (AvgIpc) is 2.67. The Kier molecular flexibility index (Phi) is 7.00. The van der Waals surface area contributed by atoms with Crippen LogP contribution in [0.1, 0.15) is 44.6 Å². The summed E-state index contributed by atoms with van der Waals surface area (Å²) < 4.78 is 3.33. The zero-order valence-electron chi connectivity index (χ0n) is 14.9. The largest absolute Gasteiger partial charge is 0.381 e. The third-order valence-corrected chi connectivity index (χ3v) is 5.45. The minimum Gasteiger partial charge on any atom is -0.381 e. The van der Waals surface area contributed by atoms with Gasteiger partial charge in [0.2, 0.25) is 0 Å². The number of hydrogen-bond acceptors (Lipinski definition) is 5. The van der Waals surface area contributed by atoms with E-state index in [1.807, 2.05) is 12.4 Å². The summed E-state index contributed by atoms with van der Waals surface area (Å²) in [5.41, 5.74) is 3.62. The molecule has 0 unspecified atom stereocenters. The molecule has 1 aliphatic rings. The molecule has 0 atom stereocenters. The Balaban J connectivity index is 1.72. The molecule has 1 aromatic carbocycles. The van der Waals surface area contributed by atoms with Crippen LogP contribution in [0.15, 0.2) is 47.6 Å². The Morgan fingerprint density at radius 1 is 1.04 bits per heavy atom. The highest BCUT2D eigenvalue weighted by molar-refractivity contribution is 7.97. The van der Waals surface area contributed by atoms with Crippen molar-refractivity contribution in [3.8, 4) is 0 Å². The van der Waals surface area contributed by atoms with Crippen LogP contribution in [0.2, 0.25) is 0 Å². The predicted octanol–water partition coefficient (Wildman–Crippen LogP) is 5.05. The fourth-order valence-corrected chi connectivity index (χ4v) is 3.80. The Bertz CT molecular complexity index is 641. The van der Waals surface area contributed by atoms with Gasteiger partial charge < -0.3 is 10.6 Å². The van der Waals surface area contributed by atoms with Crippen LogP contribution >= 0.6 is 11.9 Å². The van der Waals surface area contributed by atoms with Crippen molar-refractivity contribution >= 4 is 23.3 Å². The van der Waals surface area contributed by atoms with Crippen molar-refractivity contribution in [3.63, 3.8) is 0 Å². The number of hydrogen-bond donors (Lipinski definition) is 3. The van der Waals surface area contributed by atoms with Crippen LogP contribution in [0.25, 0.3) is 0 Å². The van der Waals surface area contributed by atoms with E-state index in [1.54, 1.807) is 11.9 Å². The minimum atomic E-state index is 0.600. The van der Waals surface area contributed by atoms with Crippen molar-refractivity contribution in [1.82, 2.24) is 9.71 Å². The summed E-state index contributed by atoms with van der Waals surface area (Å²) in [6, 6.07) is 11.3. The van der Waals surface area contributed by atoms with Crippen LogP contribution in [-0.2, 0) is 6.54 Å². The van der Waals surface area contributed by atoms with Crippen LogP contribution in [0.5, 0.6) is 0 Å². The molecule has 25 heavy (non-hydrogen) atoms. The number of nitrogens with one attached hydrogen (secondary N) is 3. The second-order valence-corrected chi connectivity index (χ2v) is 7.46. The molecular weight excluding hydrogens is 328 g/mol. The Morgan fingerprint density at radius 3 is 2.60 bits per heavy atom. The first-order valence-corrected chi connectivity index (χ1v) is 10.1. The summed E-state index contributed by atoms with van der Waals surface area (Å²) in [5.74, 6) is 0. The monoisotopic (exact) mass is 356 g/mol. The fourth-order valence-electron chi connectivity index (χ4n) is 3.18. The SMILES string of the molecule is CCNSc1ccc(NC2CCCCC2)c(NCc2ccncc2)c1. The maximum absolute atomic E-state index is 4.09. The number of benzene rings is 1. The molecule has 3 rings (SSSR count). The van der Waals surface area contributed by atoms with E-state index in [-0.39, 0.29) is 0 Å². The lowest BCUT2D eigenvalue weighted by atomic mass is 9.95. The van der Waals surface area contributed by atoms with Crippen LogP contribution < -0.4 is 15.4 Å². The molecule has 0 bridgehead atoms. The molecule has 134 valence electrons.